The highest BCUT2D eigenvalue weighted by molar-refractivity contribution is 7.92. The summed E-state index contributed by atoms with van der Waals surface area (Å²) in [6.07, 6.45) is 0.573. The molecule has 1 aromatic heterocycles. The fraction of sp³-hybridized carbons (Fsp3) is 0.286. The minimum atomic E-state index is -3.48. The first-order valence-corrected chi connectivity index (χ1v) is 11.2. The Hall–Kier alpha value is -2.31. The van der Waals surface area contributed by atoms with Crippen molar-refractivity contribution < 1.29 is 8.42 Å². The molecule has 0 bridgehead atoms. The number of aromatic nitrogens is 2. The van der Waals surface area contributed by atoms with E-state index in [0.29, 0.717) is 26.1 Å². The van der Waals surface area contributed by atoms with Crippen molar-refractivity contribution in [2.24, 2.45) is 0 Å². The van der Waals surface area contributed by atoms with Gasteiger partial charge in [-0.05, 0) is 31.0 Å². The molecule has 1 unspecified atom stereocenters. The average molecular weight is 416 g/mol. The molecule has 5 nitrogen and oxygen atoms in total. The fourth-order valence-corrected chi connectivity index (χ4v) is 5.92. The summed E-state index contributed by atoms with van der Waals surface area (Å²) < 4.78 is 28.1. The maximum atomic E-state index is 13.1. The topological polar surface area (TPSA) is 55.2 Å². The van der Waals surface area contributed by atoms with Crippen molar-refractivity contribution in [3.63, 3.8) is 0 Å². The van der Waals surface area contributed by atoms with Gasteiger partial charge in [0.2, 0.25) is 0 Å². The van der Waals surface area contributed by atoms with E-state index in [1.807, 2.05) is 35.9 Å². The Morgan fingerprint density at radius 3 is 2.57 bits per heavy atom. The molecule has 4 rings (SSSR count). The predicted molar refractivity (Wildman–Crippen MR) is 112 cm³/mol. The molecular formula is C21H22ClN3O2S. The molecular weight excluding hydrogens is 394 g/mol. The third-order valence-electron chi connectivity index (χ3n) is 5.11. The van der Waals surface area contributed by atoms with E-state index in [1.54, 1.807) is 24.3 Å². The first kappa shape index (κ1) is 19.0. The summed E-state index contributed by atoms with van der Waals surface area (Å²) in [4.78, 5) is 2.33. The van der Waals surface area contributed by atoms with Gasteiger partial charge in [-0.2, -0.15) is 5.10 Å². The summed E-state index contributed by atoms with van der Waals surface area (Å²) in [6.45, 7) is 3.73. The standard InChI is InChI=1S/C21H22ClN3O2S/c1-16-13-21(25(23-16)14-17-7-3-2-4-8-17)24-12-11-18(15-24)28(26,27)20-10-6-5-9-19(20)22/h2-10,13,18H,11-12,14-15H2,1H3. The maximum absolute atomic E-state index is 13.1. The molecule has 0 saturated carbocycles. The SMILES string of the molecule is Cc1cc(N2CCC(S(=O)(=O)c3ccccc3Cl)C2)n(Cc2ccccc2)n1. The smallest absolute Gasteiger partial charge is 0.184 e. The Morgan fingerprint density at radius 1 is 1.11 bits per heavy atom. The van der Waals surface area contributed by atoms with Gasteiger partial charge in [-0.15, -0.1) is 0 Å². The average Bonchev–Trinajstić information content (AvgIpc) is 3.30. The molecule has 1 atom stereocenters. The third kappa shape index (κ3) is 3.66. The van der Waals surface area contributed by atoms with Crippen LogP contribution in [-0.4, -0.2) is 36.5 Å². The lowest BCUT2D eigenvalue weighted by atomic mass is 10.2. The van der Waals surface area contributed by atoms with Gasteiger partial charge in [-0.3, -0.25) is 0 Å². The maximum Gasteiger partial charge on any atom is 0.184 e. The van der Waals surface area contributed by atoms with E-state index in [0.717, 1.165) is 17.1 Å². The highest BCUT2D eigenvalue weighted by atomic mass is 35.5. The van der Waals surface area contributed by atoms with Crippen molar-refractivity contribution in [2.75, 3.05) is 18.0 Å². The lowest BCUT2D eigenvalue weighted by Gasteiger charge is -2.20. The summed E-state index contributed by atoms with van der Waals surface area (Å²) in [6, 6.07) is 18.8. The lowest BCUT2D eigenvalue weighted by molar-refractivity contribution is 0.583. The Labute approximate surface area is 170 Å². The number of sulfone groups is 1. The fourth-order valence-electron chi connectivity index (χ4n) is 3.70. The zero-order chi connectivity index (χ0) is 19.7. The van der Waals surface area contributed by atoms with E-state index in [-0.39, 0.29) is 9.92 Å². The molecule has 2 aromatic carbocycles. The molecule has 1 aliphatic heterocycles. The molecule has 0 N–H and O–H groups in total. The van der Waals surface area contributed by atoms with E-state index in [2.05, 4.69) is 22.1 Å². The highest BCUT2D eigenvalue weighted by Gasteiger charge is 2.36. The van der Waals surface area contributed by atoms with Gasteiger partial charge < -0.3 is 4.90 Å². The molecule has 0 amide bonds. The summed E-state index contributed by atoms with van der Waals surface area (Å²) in [5, 5.41) is 4.42. The van der Waals surface area contributed by atoms with Crippen LogP contribution in [0, 0.1) is 6.92 Å². The van der Waals surface area contributed by atoms with Crippen molar-refractivity contribution in [1.29, 1.82) is 0 Å². The first-order chi connectivity index (χ1) is 13.4. The van der Waals surface area contributed by atoms with Crippen LogP contribution in [0.2, 0.25) is 5.02 Å². The van der Waals surface area contributed by atoms with Crippen LogP contribution in [0.1, 0.15) is 17.7 Å². The molecule has 7 heteroatoms. The van der Waals surface area contributed by atoms with Crippen LogP contribution >= 0.6 is 11.6 Å². The van der Waals surface area contributed by atoms with Crippen LogP contribution in [0.5, 0.6) is 0 Å². The van der Waals surface area contributed by atoms with Crippen LogP contribution < -0.4 is 4.90 Å². The minimum Gasteiger partial charge on any atom is -0.355 e. The minimum absolute atomic E-state index is 0.220. The van der Waals surface area contributed by atoms with E-state index >= 15 is 0 Å². The number of halogens is 1. The van der Waals surface area contributed by atoms with Crippen LogP contribution in [0.15, 0.2) is 65.6 Å². The lowest BCUT2D eigenvalue weighted by Crippen LogP contribution is -2.28. The second-order valence-corrected chi connectivity index (χ2v) is 9.72. The predicted octanol–water partition coefficient (Wildman–Crippen LogP) is 3.95. The van der Waals surface area contributed by atoms with Crippen LogP contribution in [0.3, 0.4) is 0 Å². The van der Waals surface area contributed by atoms with Crippen molar-refractivity contribution in [3.8, 4) is 0 Å². The molecule has 28 heavy (non-hydrogen) atoms. The van der Waals surface area contributed by atoms with Gasteiger partial charge in [-0.1, -0.05) is 54.1 Å². The van der Waals surface area contributed by atoms with Crippen molar-refractivity contribution in [3.05, 3.63) is 76.9 Å². The molecule has 2 heterocycles. The quantitative estimate of drug-likeness (QED) is 0.633. The van der Waals surface area contributed by atoms with Crippen molar-refractivity contribution in [1.82, 2.24) is 9.78 Å². The van der Waals surface area contributed by atoms with E-state index in [4.69, 9.17) is 11.6 Å². The van der Waals surface area contributed by atoms with Gasteiger partial charge in [0.05, 0.1) is 27.4 Å². The number of benzene rings is 2. The van der Waals surface area contributed by atoms with E-state index < -0.39 is 15.1 Å². The van der Waals surface area contributed by atoms with Crippen molar-refractivity contribution >= 4 is 27.3 Å². The van der Waals surface area contributed by atoms with Gasteiger partial charge in [0, 0.05) is 19.2 Å². The molecule has 146 valence electrons. The number of hydrogen-bond donors (Lipinski definition) is 0. The largest absolute Gasteiger partial charge is 0.355 e. The summed E-state index contributed by atoms with van der Waals surface area (Å²) >= 11 is 6.15. The van der Waals surface area contributed by atoms with Crippen LogP contribution in [0.4, 0.5) is 5.82 Å². The molecule has 0 aliphatic carbocycles. The molecule has 0 spiro atoms. The monoisotopic (exact) mass is 415 g/mol. The Balaban J connectivity index is 1.57. The number of nitrogens with zero attached hydrogens (tertiary/aromatic N) is 3. The van der Waals surface area contributed by atoms with Gasteiger partial charge in [0.15, 0.2) is 9.84 Å². The number of rotatable bonds is 5. The van der Waals surface area contributed by atoms with E-state index in [1.165, 1.54) is 0 Å². The zero-order valence-corrected chi connectivity index (χ0v) is 17.2. The second kappa shape index (κ2) is 7.60. The summed E-state index contributed by atoms with van der Waals surface area (Å²) in [5.41, 5.74) is 2.08. The summed E-state index contributed by atoms with van der Waals surface area (Å²) in [7, 11) is -3.48. The first-order valence-electron chi connectivity index (χ1n) is 9.27. The summed E-state index contributed by atoms with van der Waals surface area (Å²) in [5.74, 6) is 0.957. The normalized spacial score (nSPS) is 17.2. The number of hydrogen-bond acceptors (Lipinski definition) is 4. The highest BCUT2D eigenvalue weighted by Crippen LogP contribution is 2.31. The van der Waals surface area contributed by atoms with E-state index in [9.17, 15) is 8.42 Å². The number of aryl methyl sites for hydroxylation is 1. The third-order valence-corrected chi connectivity index (χ3v) is 7.78. The second-order valence-electron chi connectivity index (χ2n) is 7.12. The molecule has 1 fully saturated rings. The van der Waals surface area contributed by atoms with Gasteiger partial charge in [0.25, 0.3) is 0 Å². The molecule has 0 radical (unpaired) electrons. The number of anilines is 1. The molecule has 3 aromatic rings. The van der Waals surface area contributed by atoms with Gasteiger partial charge >= 0.3 is 0 Å². The van der Waals surface area contributed by atoms with Gasteiger partial charge in [-0.25, -0.2) is 13.1 Å². The van der Waals surface area contributed by atoms with Gasteiger partial charge in [0.1, 0.15) is 5.82 Å². The van der Waals surface area contributed by atoms with Crippen molar-refractivity contribution in [2.45, 2.75) is 30.0 Å². The Kier molecular flexibility index (Phi) is 5.17. The van der Waals surface area contributed by atoms with Crippen LogP contribution in [-0.2, 0) is 16.4 Å². The zero-order valence-electron chi connectivity index (χ0n) is 15.6. The molecule has 1 saturated heterocycles. The Bertz CT molecular complexity index is 1080. The Morgan fingerprint density at radius 2 is 1.82 bits per heavy atom. The molecule has 1 aliphatic rings. The van der Waals surface area contributed by atoms with Crippen LogP contribution in [0.25, 0.3) is 0 Å².